The zero-order chi connectivity index (χ0) is 21.2. The van der Waals surface area contributed by atoms with Crippen LogP contribution in [-0.4, -0.2) is 52.0 Å². The highest BCUT2D eigenvalue weighted by molar-refractivity contribution is 5.97. The van der Waals surface area contributed by atoms with E-state index in [4.69, 9.17) is 0 Å². The summed E-state index contributed by atoms with van der Waals surface area (Å²) in [5.41, 5.74) is 6.01. The molecular formula is C25H25N5O. The first kappa shape index (κ1) is 19.3. The molecule has 31 heavy (non-hydrogen) atoms. The van der Waals surface area contributed by atoms with Crippen molar-refractivity contribution in [1.82, 2.24) is 19.9 Å². The van der Waals surface area contributed by atoms with Crippen molar-refractivity contribution >= 4 is 22.6 Å². The Morgan fingerprint density at radius 1 is 0.903 bits per heavy atom. The zero-order valence-electron chi connectivity index (χ0n) is 17.6. The van der Waals surface area contributed by atoms with Crippen LogP contribution in [0.2, 0.25) is 0 Å². The Hall–Kier alpha value is -3.67. The van der Waals surface area contributed by atoms with Crippen LogP contribution in [0, 0.1) is 6.92 Å². The first-order valence-corrected chi connectivity index (χ1v) is 10.7. The minimum atomic E-state index is 0.0584. The highest BCUT2D eigenvalue weighted by atomic mass is 16.2. The second-order valence-electron chi connectivity index (χ2n) is 7.99. The van der Waals surface area contributed by atoms with Gasteiger partial charge in [0.1, 0.15) is 5.52 Å². The van der Waals surface area contributed by atoms with E-state index in [2.05, 4.69) is 46.4 Å². The summed E-state index contributed by atoms with van der Waals surface area (Å²) in [6.45, 7) is 5.87. The van der Waals surface area contributed by atoms with Crippen molar-refractivity contribution in [2.75, 3.05) is 31.1 Å². The first-order valence-electron chi connectivity index (χ1n) is 10.7. The number of carbonyl (C=O) groups is 1. The third kappa shape index (κ3) is 3.89. The number of carbonyl (C=O) groups excluding carboxylic acids is 1. The Kier molecular flexibility index (Phi) is 5.12. The predicted octanol–water partition coefficient (Wildman–Crippen LogP) is 3.75. The number of anilines is 1. The van der Waals surface area contributed by atoms with E-state index in [0.717, 1.165) is 24.1 Å². The van der Waals surface area contributed by atoms with Gasteiger partial charge in [-0.15, -0.1) is 5.10 Å². The molecule has 1 saturated heterocycles. The summed E-state index contributed by atoms with van der Waals surface area (Å²) < 4.78 is 1.89. The fourth-order valence-corrected chi connectivity index (χ4v) is 4.16. The Labute approximate surface area is 181 Å². The van der Waals surface area contributed by atoms with Crippen LogP contribution < -0.4 is 4.90 Å². The third-order valence-electron chi connectivity index (χ3n) is 6.03. The minimum Gasteiger partial charge on any atom is -0.368 e. The number of para-hydroxylation sites is 1. The number of aromatic nitrogens is 3. The summed E-state index contributed by atoms with van der Waals surface area (Å²) in [4.78, 5) is 17.3. The van der Waals surface area contributed by atoms with Gasteiger partial charge in [-0.1, -0.05) is 47.7 Å². The van der Waals surface area contributed by atoms with E-state index in [1.54, 1.807) is 0 Å². The molecule has 0 radical (unpaired) electrons. The van der Waals surface area contributed by atoms with Gasteiger partial charge in [0.05, 0.1) is 12.1 Å². The van der Waals surface area contributed by atoms with Crippen LogP contribution in [0.25, 0.3) is 11.0 Å². The van der Waals surface area contributed by atoms with Crippen LogP contribution in [0.15, 0.2) is 72.8 Å². The normalized spacial score (nSPS) is 14.2. The highest BCUT2D eigenvalue weighted by Crippen LogP contribution is 2.20. The SMILES string of the molecule is Cc1ccccc1Cn1nnc2cc(C(=O)N3CCN(c4ccccc4)CC3)ccc21. The average Bonchev–Trinajstić information content (AvgIpc) is 3.23. The smallest absolute Gasteiger partial charge is 0.254 e. The topological polar surface area (TPSA) is 54.3 Å². The second kappa shape index (κ2) is 8.22. The van der Waals surface area contributed by atoms with Crippen LogP contribution in [0.1, 0.15) is 21.5 Å². The standard InChI is InChI=1S/C25H25N5O/c1-19-7-5-6-8-21(19)18-30-24-12-11-20(17-23(24)26-27-30)25(31)29-15-13-28(14-16-29)22-9-3-2-4-10-22/h2-12,17H,13-16,18H2,1H3. The molecular weight excluding hydrogens is 386 g/mol. The number of hydrogen-bond donors (Lipinski definition) is 0. The van der Waals surface area contributed by atoms with E-state index in [1.807, 2.05) is 58.1 Å². The second-order valence-corrected chi connectivity index (χ2v) is 7.99. The largest absolute Gasteiger partial charge is 0.368 e. The van der Waals surface area contributed by atoms with Gasteiger partial charge in [0.15, 0.2) is 0 Å². The van der Waals surface area contributed by atoms with Crippen LogP contribution in [0.3, 0.4) is 0 Å². The molecule has 6 heteroatoms. The molecule has 4 aromatic rings. The molecule has 0 aliphatic carbocycles. The number of amides is 1. The molecule has 0 N–H and O–H groups in total. The fourth-order valence-electron chi connectivity index (χ4n) is 4.16. The molecule has 156 valence electrons. The summed E-state index contributed by atoms with van der Waals surface area (Å²) in [5, 5.41) is 8.64. The van der Waals surface area contributed by atoms with E-state index < -0.39 is 0 Å². The lowest BCUT2D eigenvalue weighted by Crippen LogP contribution is -2.48. The van der Waals surface area contributed by atoms with Gasteiger partial charge >= 0.3 is 0 Å². The molecule has 0 bridgehead atoms. The van der Waals surface area contributed by atoms with E-state index in [0.29, 0.717) is 25.2 Å². The maximum atomic E-state index is 13.1. The number of fused-ring (bicyclic) bond motifs is 1. The molecule has 2 heterocycles. The summed E-state index contributed by atoms with van der Waals surface area (Å²) in [6.07, 6.45) is 0. The first-order chi connectivity index (χ1) is 15.2. The lowest BCUT2D eigenvalue weighted by atomic mass is 10.1. The van der Waals surface area contributed by atoms with Crippen molar-refractivity contribution in [1.29, 1.82) is 0 Å². The summed E-state index contributed by atoms with van der Waals surface area (Å²) in [6, 6.07) is 24.4. The lowest BCUT2D eigenvalue weighted by molar-refractivity contribution is 0.0747. The molecule has 5 rings (SSSR count). The van der Waals surface area contributed by atoms with Gasteiger partial charge in [0, 0.05) is 37.4 Å². The van der Waals surface area contributed by atoms with Gasteiger partial charge in [0.2, 0.25) is 0 Å². The predicted molar refractivity (Wildman–Crippen MR) is 122 cm³/mol. The molecule has 3 aromatic carbocycles. The lowest BCUT2D eigenvalue weighted by Gasteiger charge is -2.36. The fraction of sp³-hybridized carbons (Fsp3) is 0.240. The van der Waals surface area contributed by atoms with Crippen molar-refractivity contribution < 1.29 is 4.79 Å². The van der Waals surface area contributed by atoms with Crippen molar-refractivity contribution in [2.45, 2.75) is 13.5 Å². The Balaban J connectivity index is 1.30. The van der Waals surface area contributed by atoms with E-state index in [9.17, 15) is 4.79 Å². The molecule has 1 aromatic heterocycles. The van der Waals surface area contributed by atoms with Crippen molar-refractivity contribution in [3.8, 4) is 0 Å². The Bertz CT molecular complexity index is 1210. The number of nitrogens with zero attached hydrogens (tertiary/aromatic N) is 5. The molecule has 1 fully saturated rings. The number of piperazine rings is 1. The summed E-state index contributed by atoms with van der Waals surface area (Å²) in [7, 11) is 0. The quantitative estimate of drug-likeness (QED) is 0.513. The molecule has 6 nitrogen and oxygen atoms in total. The summed E-state index contributed by atoms with van der Waals surface area (Å²) >= 11 is 0. The van der Waals surface area contributed by atoms with Gasteiger partial charge in [-0.3, -0.25) is 4.79 Å². The van der Waals surface area contributed by atoms with Gasteiger partial charge < -0.3 is 9.80 Å². The number of benzene rings is 3. The highest BCUT2D eigenvalue weighted by Gasteiger charge is 2.23. The molecule has 0 spiro atoms. The van der Waals surface area contributed by atoms with Crippen LogP contribution in [0.4, 0.5) is 5.69 Å². The van der Waals surface area contributed by atoms with Crippen molar-refractivity contribution in [3.63, 3.8) is 0 Å². The van der Waals surface area contributed by atoms with Gasteiger partial charge in [-0.25, -0.2) is 4.68 Å². The van der Waals surface area contributed by atoms with E-state index in [-0.39, 0.29) is 5.91 Å². The molecule has 0 atom stereocenters. The monoisotopic (exact) mass is 411 g/mol. The van der Waals surface area contributed by atoms with Crippen LogP contribution >= 0.6 is 0 Å². The van der Waals surface area contributed by atoms with E-state index in [1.165, 1.54) is 16.8 Å². The number of hydrogen-bond acceptors (Lipinski definition) is 4. The van der Waals surface area contributed by atoms with Gasteiger partial charge in [0.25, 0.3) is 5.91 Å². The molecule has 1 aliphatic heterocycles. The third-order valence-corrected chi connectivity index (χ3v) is 6.03. The van der Waals surface area contributed by atoms with E-state index >= 15 is 0 Å². The maximum absolute atomic E-state index is 13.1. The maximum Gasteiger partial charge on any atom is 0.254 e. The summed E-state index contributed by atoms with van der Waals surface area (Å²) in [5.74, 6) is 0.0584. The molecule has 0 saturated carbocycles. The Morgan fingerprint density at radius 3 is 2.42 bits per heavy atom. The zero-order valence-corrected chi connectivity index (χ0v) is 17.6. The number of rotatable bonds is 4. The average molecular weight is 412 g/mol. The number of aryl methyl sites for hydroxylation is 1. The van der Waals surface area contributed by atoms with Crippen molar-refractivity contribution in [3.05, 3.63) is 89.5 Å². The van der Waals surface area contributed by atoms with Gasteiger partial charge in [-0.05, 0) is 48.4 Å². The Morgan fingerprint density at radius 2 is 1.65 bits per heavy atom. The molecule has 1 aliphatic rings. The van der Waals surface area contributed by atoms with Crippen LogP contribution in [-0.2, 0) is 6.54 Å². The van der Waals surface area contributed by atoms with Crippen molar-refractivity contribution in [2.24, 2.45) is 0 Å². The minimum absolute atomic E-state index is 0.0584. The molecule has 0 unspecified atom stereocenters. The van der Waals surface area contributed by atoms with Crippen LogP contribution in [0.5, 0.6) is 0 Å². The molecule has 1 amide bonds. The van der Waals surface area contributed by atoms with Gasteiger partial charge in [-0.2, -0.15) is 0 Å².